The molecule has 0 radical (unpaired) electrons. The Bertz CT molecular complexity index is 766. The highest BCUT2D eigenvalue weighted by Gasteiger charge is 2.32. The highest BCUT2D eigenvalue weighted by molar-refractivity contribution is 5.92. The van der Waals surface area contributed by atoms with Gasteiger partial charge in [-0.15, -0.1) is 0 Å². The highest BCUT2D eigenvalue weighted by Crippen LogP contribution is 2.17. The maximum absolute atomic E-state index is 13.1. The van der Waals surface area contributed by atoms with Crippen molar-refractivity contribution in [3.05, 3.63) is 12.2 Å². The van der Waals surface area contributed by atoms with E-state index in [4.69, 9.17) is 4.74 Å². The molecule has 0 bridgehead atoms. The maximum Gasteiger partial charge on any atom is 0.330 e. The molecule has 192 valence electrons. The van der Waals surface area contributed by atoms with E-state index in [9.17, 15) is 29.1 Å². The number of aliphatic hydroxyl groups is 1. The molecule has 1 heterocycles. The fraction of sp³-hybridized carbons (Fsp3) is 0.696. The van der Waals surface area contributed by atoms with Gasteiger partial charge in [0, 0.05) is 31.5 Å². The molecule has 0 aromatic heterocycles. The van der Waals surface area contributed by atoms with Crippen LogP contribution in [0, 0.1) is 11.8 Å². The predicted molar refractivity (Wildman–Crippen MR) is 124 cm³/mol. The summed E-state index contributed by atoms with van der Waals surface area (Å²) in [7, 11) is 0. The summed E-state index contributed by atoms with van der Waals surface area (Å²) in [6.07, 6.45) is 2.69. The van der Waals surface area contributed by atoms with Crippen LogP contribution in [0.2, 0.25) is 0 Å². The monoisotopic (exact) mass is 482 g/mol. The first kappa shape index (κ1) is 29.1. The molecule has 1 fully saturated rings. The third-order valence-corrected chi connectivity index (χ3v) is 5.24. The molecule has 4 amide bonds. The van der Waals surface area contributed by atoms with Gasteiger partial charge in [-0.2, -0.15) is 0 Å². The summed E-state index contributed by atoms with van der Waals surface area (Å²) >= 11 is 0. The summed E-state index contributed by atoms with van der Waals surface area (Å²) in [5.41, 5.74) is 0. The van der Waals surface area contributed by atoms with Crippen molar-refractivity contribution < 1.29 is 33.8 Å². The van der Waals surface area contributed by atoms with Crippen LogP contribution < -0.4 is 21.3 Å². The van der Waals surface area contributed by atoms with Crippen LogP contribution in [-0.2, 0) is 28.7 Å². The Balaban J connectivity index is 3.02. The van der Waals surface area contributed by atoms with E-state index in [1.807, 2.05) is 13.8 Å². The van der Waals surface area contributed by atoms with Crippen LogP contribution in [0.1, 0.15) is 53.9 Å². The van der Waals surface area contributed by atoms with Gasteiger partial charge in [0.05, 0.1) is 12.7 Å². The van der Waals surface area contributed by atoms with Crippen molar-refractivity contribution in [1.82, 2.24) is 21.3 Å². The molecule has 11 heteroatoms. The second-order valence-electron chi connectivity index (χ2n) is 8.85. The topological polar surface area (TPSA) is 163 Å². The lowest BCUT2D eigenvalue weighted by Gasteiger charge is -2.27. The first-order valence-corrected chi connectivity index (χ1v) is 11.6. The summed E-state index contributed by atoms with van der Waals surface area (Å²) < 4.78 is 4.89. The van der Waals surface area contributed by atoms with Crippen LogP contribution in [-0.4, -0.2) is 72.1 Å². The summed E-state index contributed by atoms with van der Waals surface area (Å²) in [5.74, 6) is -2.67. The zero-order chi connectivity index (χ0) is 25.8. The number of esters is 1. The fourth-order valence-corrected chi connectivity index (χ4v) is 3.62. The molecule has 1 aliphatic heterocycles. The molecule has 1 unspecified atom stereocenters. The molecule has 0 saturated carbocycles. The van der Waals surface area contributed by atoms with Gasteiger partial charge in [0.25, 0.3) is 0 Å². The third-order valence-electron chi connectivity index (χ3n) is 5.24. The number of carbonyl (C=O) groups is 5. The highest BCUT2D eigenvalue weighted by atomic mass is 16.5. The molecule has 1 rings (SSSR count). The molecular weight excluding hydrogens is 444 g/mol. The van der Waals surface area contributed by atoms with Crippen LogP contribution in [0.15, 0.2) is 12.2 Å². The van der Waals surface area contributed by atoms with Gasteiger partial charge in [-0.25, -0.2) is 4.79 Å². The summed E-state index contributed by atoms with van der Waals surface area (Å²) in [5, 5.41) is 20.4. The Kier molecular flexibility index (Phi) is 12.3. The van der Waals surface area contributed by atoms with E-state index in [0.717, 1.165) is 0 Å². The Morgan fingerprint density at radius 1 is 1.15 bits per heavy atom. The molecule has 0 spiro atoms. The molecule has 1 aliphatic rings. The van der Waals surface area contributed by atoms with E-state index < -0.39 is 47.9 Å². The van der Waals surface area contributed by atoms with Crippen molar-refractivity contribution in [1.29, 1.82) is 0 Å². The Morgan fingerprint density at radius 3 is 2.32 bits per heavy atom. The van der Waals surface area contributed by atoms with Crippen LogP contribution in [0.25, 0.3) is 0 Å². The third kappa shape index (κ3) is 10.3. The lowest BCUT2D eigenvalue weighted by Crippen LogP contribution is -2.57. The van der Waals surface area contributed by atoms with Gasteiger partial charge in [-0.3, -0.25) is 19.2 Å². The van der Waals surface area contributed by atoms with E-state index in [1.165, 1.54) is 26.0 Å². The average molecular weight is 483 g/mol. The SMILES string of the molecule is CCOC(=O)/C=C/[C@H](C[C@@H]1CCNC1=O)NC(=O)[C@H](CC(C)C)NC(=O)[C@@H](NC(C)=O)C(C)O. The van der Waals surface area contributed by atoms with Gasteiger partial charge in [-0.1, -0.05) is 19.9 Å². The van der Waals surface area contributed by atoms with E-state index in [0.29, 0.717) is 19.4 Å². The number of hydrogen-bond donors (Lipinski definition) is 5. The maximum atomic E-state index is 13.1. The summed E-state index contributed by atoms with van der Waals surface area (Å²) in [6, 6.07) is -2.83. The zero-order valence-electron chi connectivity index (χ0n) is 20.6. The predicted octanol–water partition coefficient (Wildman–Crippen LogP) is -0.467. The first-order valence-electron chi connectivity index (χ1n) is 11.6. The van der Waals surface area contributed by atoms with Crippen molar-refractivity contribution in [2.75, 3.05) is 13.2 Å². The van der Waals surface area contributed by atoms with Crippen molar-refractivity contribution in [2.45, 2.75) is 78.1 Å². The van der Waals surface area contributed by atoms with E-state index >= 15 is 0 Å². The minimum absolute atomic E-state index is 0.0379. The molecule has 0 aliphatic carbocycles. The molecular formula is C23H38N4O7. The lowest BCUT2D eigenvalue weighted by atomic mass is 9.96. The number of carbonyl (C=O) groups excluding carboxylic acids is 5. The number of ether oxygens (including phenoxy) is 1. The van der Waals surface area contributed by atoms with Crippen LogP contribution >= 0.6 is 0 Å². The fourth-order valence-electron chi connectivity index (χ4n) is 3.62. The first-order chi connectivity index (χ1) is 15.9. The molecule has 5 atom stereocenters. The normalized spacial score (nSPS) is 19.1. The van der Waals surface area contributed by atoms with Crippen molar-refractivity contribution >= 4 is 29.6 Å². The molecule has 0 aromatic rings. The largest absolute Gasteiger partial charge is 0.463 e. The molecule has 34 heavy (non-hydrogen) atoms. The Hall–Kier alpha value is -2.95. The average Bonchev–Trinajstić information content (AvgIpc) is 3.13. The Morgan fingerprint density at radius 2 is 1.82 bits per heavy atom. The van der Waals surface area contributed by atoms with Crippen molar-refractivity contribution in [3.8, 4) is 0 Å². The molecule has 11 nitrogen and oxygen atoms in total. The van der Waals surface area contributed by atoms with Gasteiger partial charge in [0.15, 0.2) is 0 Å². The second kappa shape index (κ2) is 14.3. The molecule has 5 N–H and O–H groups in total. The number of nitrogens with one attached hydrogen (secondary N) is 4. The van der Waals surface area contributed by atoms with E-state index in [1.54, 1.807) is 6.92 Å². The number of amides is 4. The minimum atomic E-state index is -1.22. The van der Waals surface area contributed by atoms with Crippen molar-refractivity contribution in [3.63, 3.8) is 0 Å². The van der Waals surface area contributed by atoms with Gasteiger partial charge in [0.2, 0.25) is 23.6 Å². The van der Waals surface area contributed by atoms with Crippen LogP contribution in [0.3, 0.4) is 0 Å². The van der Waals surface area contributed by atoms with Gasteiger partial charge >= 0.3 is 5.97 Å². The summed E-state index contributed by atoms with van der Waals surface area (Å²) in [4.78, 5) is 61.1. The lowest BCUT2D eigenvalue weighted by molar-refractivity contribution is -0.137. The van der Waals surface area contributed by atoms with Crippen molar-refractivity contribution in [2.24, 2.45) is 11.8 Å². The zero-order valence-corrected chi connectivity index (χ0v) is 20.6. The standard InChI is InChI=1S/C23H38N4O7/c1-6-34-19(30)8-7-17(12-16-9-10-24-21(16)31)26-22(32)18(11-13(2)3)27-23(33)20(14(4)28)25-15(5)29/h7-8,13-14,16-18,20,28H,6,9-12H2,1-5H3,(H,24,31)(H,25,29)(H,26,32)(H,27,33)/b8-7+/t14?,16-,17+,18-,20-/m0/s1. The van der Waals surface area contributed by atoms with E-state index in [2.05, 4.69) is 21.3 Å². The minimum Gasteiger partial charge on any atom is -0.463 e. The van der Waals surface area contributed by atoms with Crippen LogP contribution in [0.4, 0.5) is 0 Å². The van der Waals surface area contributed by atoms with Gasteiger partial charge in [-0.05, 0) is 39.0 Å². The second-order valence-corrected chi connectivity index (χ2v) is 8.85. The number of hydrogen-bond acceptors (Lipinski definition) is 7. The van der Waals surface area contributed by atoms with Gasteiger partial charge < -0.3 is 31.1 Å². The van der Waals surface area contributed by atoms with Gasteiger partial charge in [0.1, 0.15) is 12.1 Å². The van der Waals surface area contributed by atoms with E-state index in [-0.39, 0.29) is 30.8 Å². The number of aliphatic hydroxyl groups excluding tert-OH is 1. The summed E-state index contributed by atoms with van der Waals surface area (Å²) in [6.45, 7) is 8.77. The smallest absolute Gasteiger partial charge is 0.330 e. The Labute approximate surface area is 200 Å². The molecule has 1 saturated heterocycles. The van der Waals surface area contributed by atoms with Crippen LogP contribution in [0.5, 0.6) is 0 Å². The quantitative estimate of drug-likeness (QED) is 0.175. The number of rotatable bonds is 13. The molecule has 0 aromatic carbocycles.